The van der Waals surface area contributed by atoms with Crippen LogP contribution < -0.4 is 0 Å². The van der Waals surface area contributed by atoms with Crippen LogP contribution in [0.2, 0.25) is 0 Å². The van der Waals surface area contributed by atoms with Gasteiger partial charge in [0, 0.05) is 17.6 Å². The fourth-order valence-corrected chi connectivity index (χ4v) is 6.75. The normalized spacial score (nSPS) is 29.9. The molecule has 1 aliphatic heterocycles. The van der Waals surface area contributed by atoms with Crippen molar-refractivity contribution in [3.8, 4) is 0 Å². The molecular weight excluding hydrogens is 476 g/mol. The molecule has 0 aromatic heterocycles. The zero-order chi connectivity index (χ0) is 28.3. The number of ether oxygens (including phenoxy) is 1. The molecule has 5 nitrogen and oxygen atoms in total. The van der Waals surface area contributed by atoms with Crippen molar-refractivity contribution in [3.63, 3.8) is 0 Å². The molecule has 204 valence electrons. The summed E-state index contributed by atoms with van der Waals surface area (Å²) < 4.78 is 6.42. The molecule has 38 heavy (non-hydrogen) atoms. The van der Waals surface area contributed by atoms with Gasteiger partial charge in [0.15, 0.2) is 22.8 Å². The highest BCUT2D eigenvalue weighted by atomic mass is 16.5. The second kappa shape index (κ2) is 9.44. The van der Waals surface area contributed by atoms with E-state index in [0.717, 1.165) is 11.1 Å². The first kappa shape index (κ1) is 28.2. The van der Waals surface area contributed by atoms with Gasteiger partial charge < -0.3 is 9.84 Å². The van der Waals surface area contributed by atoms with E-state index in [2.05, 4.69) is 6.08 Å². The minimum Gasteiger partial charge on any atom is -0.489 e. The van der Waals surface area contributed by atoms with Gasteiger partial charge in [0.05, 0.1) is 11.0 Å². The van der Waals surface area contributed by atoms with Crippen LogP contribution in [-0.4, -0.2) is 34.2 Å². The average molecular weight is 519 g/mol. The maximum absolute atomic E-state index is 15.0. The Morgan fingerprint density at radius 1 is 1.05 bits per heavy atom. The predicted octanol–water partition coefficient (Wildman–Crippen LogP) is 6.57. The highest BCUT2D eigenvalue weighted by Crippen LogP contribution is 2.68. The van der Waals surface area contributed by atoms with Crippen molar-refractivity contribution in [2.75, 3.05) is 0 Å². The molecule has 1 saturated carbocycles. The topological polar surface area (TPSA) is 80.7 Å². The molecule has 0 unspecified atom stereocenters. The molecule has 5 heteroatoms. The number of hydrogen-bond acceptors (Lipinski definition) is 5. The van der Waals surface area contributed by atoms with E-state index in [-0.39, 0.29) is 41.9 Å². The summed E-state index contributed by atoms with van der Waals surface area (Å²) in [6.07, 6.45) is 4.83. The minimum atomic E-state index is -1.68. The van der Waals surface area contributed by atoms with Gasteiger partial charge in [-0.2, -0.15) is 0 Å². The highest BCUT2D eigenvalue weighted by Gasteiger charge is 2.76. The Bertz CT molecular complexity index is 1250. The summed E-state index contributed by atoms with van der Waals surface area (Å²) in [5.41, 5.74) is -2.16. The lowest BCUT2D eigenvalue weighted by Crippen LogP contribution is -2.68. The second-order valence-corrected chi connectivity index (χ2v) is 13.1. The SMILES string of the molecule is CC(C)=CC[C@H]1C[C@]2(CC=C(C)C)C(=O)C3=C(O[C@H](C(C)(C)O)C3)[C@@](C(=O)c3ccccc3)(C2=O)C1(C)C. The summed E-state index contributed by atoms with van der Waals surface area (Å²) in [5, 5.41) is 10.9. The van der Waals surface area contributed by atoms with E-state index in [1.54, 1.807) is 38.1 Å². The van der Waals surface area contributed by atoms with E-state index in [0.29, 0.717) is 24.0 Å². The number of fused-ring (bicyclic) bond motifs is 3. The van der Waals surface area contributed by atoms with Crippen molar-refractivity contribution in [1.82, 2.24) is 0 Å². The van der Waals surface area contributed by atoms with Gasteiger partial charge in [-0.15, -0.1) is 0 Å². The minimum absolute atomic E-state index is 0.129. The van der Waals surface area contributed by atoms with E-state index >= 15 is 4.79 Å². The molecule has 2 aliphatic carbocycles. The Hall–Kier alpha value is -2.79. The van der Waals surface area contributed by atoms with E-state index in [4.69, 9.17) is 4.74 Å². The van der Waals surface area contributed by atoms with Crippen LogP contribution in [0.5, 0.6) is 0 Å². The fraction of sp³-hybridized carbons (Fsp3) is 0.545. The Morgan fingerprint density at radius 3 is 2.21 bits per heavy atom. The van der Waals surface area contributed by atoms with Gasteiger partial charge >= 0.3 is 0 Å². The molecule has 0 radical (unpaired) electrons. The zero-order valence-electron chi connectivity index (χ0n) is 24.1. The molecule has 4 rings (SSSR count). The number of rotatable bonds is 7. The maximum Gasteiger partial charge on any atom is 0.184 e. The Labute approximate surface area is 227 Å². The first-order valence-electron chi connectivity index (χ1n) is 13.7. The lowest BCUT2D eigenvalue weighted by molar-refractivity contribution is -0.165. The van der Waals surface area contributed by atoms with Crippen molar-refractivity contribution in [2.45, 2.75) is 92.8 Å². The molecule has 2 bridgehead atoms. The van der Waals surface area contributed by atoms with Crippen LogP contribution in [0.3, 0.4) is 0 Å². The summed E-state index contributed by atoms with van der Waals surface area (Å²) in [6, 6.07) is 8.89. The first-order chi connectivity index (χ1) is 17.6. The zero-order valence-corrected chi connectivity index (χ0v) is 24.1. The number of hydrogen-bond donors (Lipinski definition) is 1. The number of aliphatic hydroxyl groups is 1. The number of Topliss-reactive ketones (excluding diaryl/α,β-unsaturated/α-hetero) is 3. The molecule has 1 aromatic carbocycles. The van der Waals surface area contributed by atoms with E-state index in [1.807, 2.05) is 53.7 Å². The van der Waals surface area contributed by atoms with Crippen LogP contribution in [0.15, 0.2) is 65.0 Å². The van der Waals surface area contributed by atoms with Crippen LogP contribution >= 0.6 is 0 Å². The lowest BCUT2D eigenvalue weighted by atomic mass is 9.39. The molecule has 0 saturated heterocycles. The van der Waals surface area contributed by atoms with Crippen LogP contribution in [-0.2, 0) is 14.3 Å². The van der Waals surface area contributed by atoms with Gasteiger partial charge in [0.2, 0.25) is 0 Å². The molecule has 0 spiro atoms. The van der Waals surface area contributed by atoms with Gasteiger partial charge in [0.25, 0.3) is 0 Å². The van der Waals surface area contributed by atoms with Gasteiger partial charge in [-0.3, -0.25) is 14.4 Å². The van der Waals surface area contributed by atoms with Crippen molar-refractivity contribution in [1.29, 1.82) is 0 Å². The van der Waals surface area contributed by atoms with E-state index in [1.165, 1.54) is 0 Å². The summed E-state index contributed by atoms with van der Waals surface area (Å²) >= 11 is 0. The third-order valence-corrected chi connectivity index (χ3v) is 9.16. The number of carbonyl (C=O) groups excluding carboxylic acids is 3. The predicted molar refractivity (Wildman–Crippen MR) is 148 cm³/mol. The third-order valence-electron chi connectivity index (χ3n) is 9.16. The van der Waals surface area contributed by atoms with E-state index in [9.17, 15) is 14.7 Å². The summed E-state index contributed by atoms with van der Waals surface area (Å²) in [6.45, 7) is 15.2. The van der Waals surface area contributed by atoms with Crippen molar-refractivity contribution in [2.24, 2.45) is 22.2 Å². The molecule has 1 aromatic rings. The standard InChI is InChI=1S/C33H42O5/c1-20(2)14-15-23-19-32(17-16-21(3)4)27(35)24-18-25(31(7,8)37)38-28(24)33(29(32)36,30(23,5)6)26(34)22-12-10-9-11-13-22/h9-14,16,23,25,37H,15,17-19H2,1-8H3/t23-,25-,32+,33-/m0/s1. The monoisotopic (exact) mass is 518 g/mol. The quantitative estimate of drug-likeness (QED) is 0.251. The molecule has 3 aliphatic rings. The summed E-state index contributed by atoms with van der Waals surface area (Å²) in [4.78, 5) is 44.2. The van der Waals surface area contributed by atoms with Crippen molar-refractivity contribution < 1.29 is 24.2 Å². The summed E-state index contributed by atoms with van der Waals surface area (Å²) in [7, 11) is 0. The van der Waals surface area contributed by atoms with Gasteiger partial charge in [-0.25, -0.2) is 0 Å². The lowest BCUT2D eigenvalue weighted by Gasteiger charge is -2.59. The summed E-state index contributed by atoms with van der Waals surface area (Å²) in [5.74, 6) is -0.872. The van der Waals surface area contributed by atoms with Gasteiger partial charge in [-0.1, -0.05) is 67.5 Å². The molecule has 0 amide bonds. The highest BCUT2D eigenvalue weighted by molar-refractivity contribution is 6.30. The second-order valence-electron chi connectivity index (χ2n) is 13.1. The largest absolute Gasteiger partial charge is 0.489 e. The molecule has 1 N–H and O–H groups in total. The maximum atomic E-state index is 15.0. The molecule has 1 heterocycles. The average Bonchev–Trinajstić information content (AvgIpc) is 3.29. The third kappa shape index (κ3) is 4.05. The number of carbonyl (C=O) groups is 3. The number of allylic oxidation sites excluding steroid dienone is 5. The molecule has 4 atom stereocenters. The van der Waals surface area contributed by atoms with Gasteiger partial charge in [-0.05, 0) is 72.1 Å². The number of ketones is 3. The van der Waals surface area contributed by atoms with Crippen LogP contribution in [0.4, 0.5) is 0 Å². The van der Waals surface area contributed by atoms with Gasteiger partial charge in [0.1, 0.15) is 11.9 Å². The number of benzene rings is 1. The van der Waals surface area contributed by atoms with E-state index < -0.39 is 27.9 Å². The Balaban J connectivity index is 2.08. The molecular formula is C33H42O5. The fourth-order valence-electron chi connectivity index (χ4n) is 6.75. The van der Waals surface area contributed by atoms with Crippen LogP contribution in [0.1, 0.15) is 91.4 Å². The van der Waals surface area contributed by atoms with Crippen LogP contribution in [0, 0.1) is 22.2 Å². The van der Waals surface area contributed by atoms with Crippen LogP contribution in [0.25, 0.3) is 0 Å². The van der Waals surface area contributed by atoms with Crippen molar-refractivity contribution in [3.05, 3.63) is 70.5 Å². The van der Waals surface area contributed by atoms with Crippen molar-refractivity contribution >= 4 is 17.3 Å². The first-order valence-corrected chi connectivity index (χ1v) is 13.7. The Morgan fingerprint density at radius 2 is 1.66 bits per heavy atom. The smallest absolute Gasteiger partial charge is 0.184 e. The Kier molecular flexibility index (Phi) is 7.01. The molecule has 1 fully saturated rings.